The summed E-state index contributed by atoms with van der Waals surface area (Å²) in [6, 6.07) is 0. The molecule has 0 fully saturated rings. The van der Waals surface area contributed by atoms with E-state index in [0.29, 0.717) is 17.3 Å². The van der Waals surface area contributed by atoms with E-state index in [1.807, 2.05) is 6.08 Å². The fourth-order valence-corrected chi connectivity index (χ4v) is 5.45. The molecule has 0 bridgehead atoms. The van der Waals surface area contributed by atoms with Crippen molar-refractivity contribution in [1.29, 1.82) is 0 Å². The first kappa shape index (κ1) is 13.8. The predicted octanol–water partition coefficient (Wildman–Crippen LogP) is 3.37. The van der Waals surface area contributed by atoms with Crippen LogP contribution in [0.5, 0.6) is 0 Å². The Kier molecular flexibility index (Phi) is 2.84. The first-order valence-corrected chi connectivity index (χ1v) is 8.40. The van der Waals surface area contributed by atoms with E-state index in [4.69, 9.17) is 0 Å². The number of hydrogen-bond acceptors (Lipinski definition) is 2. The lowest BCUT2D eigenvalue weighted by Gasteiger charge is -2.53. The first-order chi connectivity index (χ1) is 9.94. The zero-order valence-electron chi connectivity index (χ0n) is 13.0. The van der Waals surface area contributed by atoms with Gasteiger partial charge in [0.25, 0.3) is 0 Å². The highest BCUT2D eigenvalue weighted by Gasteiger charge is 2.52. The van der Waals surface area contributed by atoms with E-state index in [9.17, 15) is 10.2 Å². The summed E-state index contributed by atoms with van der Waals surface area (Å²) >= 11 is 0. The summed E-state index contributed by atoms with van der Waals surface area (Å²) < 4.78 is 0. The molecule has 3 unspecified atom stereocenters. The SMILES string of the molecule is C[C@@]12CC=C[C@H]1C1=C(CC2)[C@@]2(C)C=CC(O)CC2CC1O. The summed E-state index contributed by atoms with van der Waals surface area (Å²) in [5, 5.41) is 20.7. The smallest absolute Gasteiger partial charge is 0.0762 e. The zero-order chi connectivity index (χ0) is 14.8. The monoisotopic (exact) mass is 286 g/mol. The second kappa shape index (κ2) is 4.33. The van der Waals surface area contributed by atoms with Crippen molar-refractivity contribution < 1.29 is 10.2 Å². The number of aliphatic hydroxyl groups is 2. The molecule has 6 atom stereocenters. The van der Waals surface area contributed by atoms with Gasteiger partial charge in [-0.1, -0.05) is 43.7 Å². The Morgan fingerprint density at radius 3 is 2.76 bits per heavy atom. The van der Waals surface area contributed by atoms with Crippen molar-refractivity contribution in [3.05, 3.63) is 35.5 Å². The van der Waals surface area contributed by atoms with Crippen LogP contribution in [0.4, 0.5) is 0 Å². The van der Waals surface area contributed by atoms with Crippen molar-refractivity contribution >= 4 is 0 Å². The highest BCUT2D eigenvalue weighted by Crippen LogP contribution is 2.60. The lowest BCUT2D eigenvalue weighted by atomic mass is 9.52. The third-order valence-electron chi connectivity index (χ3n) is 6.85. The largest absolute Gasteiger partial charge is 0.389 e. The van der Waals surface area contributed by atoms with Gasteiger partial charge >= 0.3 is 0 Å². The van der Waals surface area contributed by atoms with Gasteiger partial charge in [0.1, 0.15) is 0 Å². The number of allylic oxidation sites excluding steroid dienone is 4. The van der Waals surface area contributed by atoms with Crippen LogP contribution in [0.25, 0.3) is 0 Å². The van der Waals surface area contributed by atoms with Gasteiger partial charge in [-0.3, -0.25) is 0 Å². The Morgan fingerprint density at radius 2 is 1.95 bits per heavy atom. The van der Waals surface area contributed by atoms with Crippen molar-refractivity contribution in [1.82, 2.24) is 0 Å². The molecular formula is C19H26O2. The second-order valence-corrected chi connectivity index (χ2v) is 8.09. The molecule has 0 aliphatic heterocycles. The van der Waals surface area contributed by atoms with E-state index in [2.05, 4.69) is 32.1 Å². The molecular weight excluding hydrogens is 260 g/mol. The van der Waals surface area contributed by atoms with Gasteiger partial charge in [-0.2, -0.15) is 0 Å². The Morgan fingerprint density at radius 1 is 1.14 bits per heavy atom. The fraction of sp³-hybridized carbons (Fsp3) is 0.684. The molecule has 0 aromatic rings. The number of hydrogen-bond donors (Lipinski definition) is 2. The van der Waals surface area contributed by atoms with Gasteiger partial charge in [0.15, 0.2) is 0 Å². The molecule has 4 rings (SSSR count). The van der Waals surface area contributed by atoms with Crippen molar-refractivity contribution in [2.45, 2.75) is 58.2 Å². The molecule has 4 aliphatic rings. The maximum atomic E-state index is 10.8. The highest BCUT2D eigenvalue weighted by atomic mass is 16.3. The van der Waals surface area contributed by atoms with E-state index < -0.39 is 0 Å². The molecule has 0 heterocycles. The average molecular weight is 286 g/mol. The lowest BCUT2D eigenvalue weighted by Crippen LogP contribution is -2.46. The summed E-state index contributed by atoms with van der Waals surface area (Å²) in [6.45, 7) is 4.70. The van der Waals surface area contributed by atoms with Gasteiger partial charge in [0, 0.05) is 11.3 Å². The summed E-state index contributed by atoms with van der Waals surface area (Å²) in [5.74, 6) is 0.801. The maximum absolute atomic E-state index is 10.8. The summed E-state index contributed by atoms with van der Waals surface area (Å²) in [5.41, 5.74) is 3.16. The average Bonchev–Trinajstić information content (AvgIpc) is 2.82. The van der Waals surface area contributed by atoms with E-state index in [1.165, 1.54) is 17.6 Å². The third-order valence-corrected chi connectivity index (χ3v) is 6.85. The molecule has 0 aromatic heterocycles. The maximum Gasteiger partial charge on any atom is 0.0762 e. The van der Waals surface area contributed by atoms with Gasteiger partial charge in [0.2, 0.25) is 0 Å². The number of fused-ring (bicyclic) bond motifs is 4. The van der Waals surface area contributed by atoms with Gasteiger partial charge in [-0.15, -0.1) is 0 Å². The molecule has 0 spiro atoms. The summed E-state index contributed by atoms with van der Waals surface area (Å²) in [6.07, 6.45) is 13.3. The molecule has 4 aliphatic carbocycles. The lowest BCUT2D eigenvalue weighted by molar-refractivity contribution is 0.0517. The molecule has 21 heavy (non-hydrogen) atoms. The van der Waals surface area contributed by atoms with E-state index >= 15 is 0 Å². The van der Waals surface area contributed by atoms with Gasteiger partial charge in [-0.25, -0.2) is 0 Å². The van der Waals surface area contributed by atoms with Gasteiger partial charge < -0.3 is 10.2 Å². The Balaban J connectivity index is 1.85. The van der Waals surface area contributed by atoms with E-state index in [1.54, 1.807) is 0 Å². The van der Waals surface area contributed by atoms with Crippen molar-refractivity contribution in [2.75, 3.05) is 0 Å². The van der Waals surface area contributed by atoms with Crippen molar-refractivity contribution in [3.8, 4) is 0 Å². The van der Waals surface area contributed by atoms with Crippen LogP contribution in [0.2, 0.25) is 0 Å². The molecule has 0 amide bonds. The van der Waals surface area contributed by atoms with E-state index in [0.717, 1.165) is 25.7 Å². The van der Waals surface area contributed by atoms with Crippen LogP contribution in [0.15, 0.2) is 35.5 Å². The van der Waals surface area contributed by atoms with Crippen LogP contribution >= 0.6 is 0 Å². The quantitative estimate of drug-likeness (QED) is 0.670. The topological polar surface area (TPSA) is 40.5 Å². The number of aliphatic hydroxyl groups excluding tert-OH is 2. The van der Waals surface area contributed by atoms with E-state index in [-0.39, 0.29) is 17.6 Å². The predicted molar refractivity (Wildman–Crippen MR) is 83.6 cm³/mol. The number of rotatable bonds is 0. The molecule has 2 heteroatoms. The first-order valence-electron chi connectivity index (χ1n) is 8.40. The minimum absolute atomic E-state index is 0.0472. The van der Waals surface area contributed by atoms with Crippen LogP contribution in [0.3, 0.4) is 0 Å². The molecule has 0 radical (unpaired) electrons. The molecule has 0 aromatic carbocycles. The van der Waals surface area contributed by atoms with Crippen molar-refractivity contribution in [2.24, 2.45) is 22.7 Å². The molecule has 0 saturated carbocycles. The Bertz CT molecular complexity index is 558. The molecule has 2 nitrogen and oxygen atoms in total. The van der Waals surface area contributed by atoms with Crippen molar-refractivity contribution in [3.63, 3.8) is 0 Å². The van der Waals surface area contributed by atoms with Crippen LogP contribution in [-0.4, -0.2) is 22.4 Å². The minimum atomic E-state index is -0.336. The van der Waals surface area contributed by atoms with Crippen LogP contribution in [0, 0.1) is 22.7 Å². The zero-order valence-corrected chi connectivity index (χ0v) is 13.0. The third kappa shape index (κ3) is 1.78. The highest BCUT2D eigenvalue weighted by molar-refractivity contribution is 5.42. The molecule has 2 N–H and O–H groups in total. The molecule has 114 valence electrons. The van der Waals surface area contributed by atoms with Gasteiger partial charge in [0.05, 0.1) is 12.2 Å². The molecule has 0 saturated heterocycles. The van der Waals surface area contributed by atoms with Crippen LogP contribution in [0.1, 0.15) is 46.0 Å². The van der Waals surface area contributed by atoms with Crippen LogP contribution in [-0.2, 0) is 0 Å². The Hall–Kier alpha value is -0.860. The minimum Gasteiger partial charge on any atom is -0.389 e. The second-order valence-electron chi connectivity index (χ2n) is 8.09. The van der Waals surface area contributed by atoms with Crippen LogP contribution < -0.4 is 0 Å². The van der Waals surface area contributed by atoms with Gasteiger partial charge in [-0.05, 0) is 49.0 Å². The fourth-order valence-electron chi connectivity index (χ4n) is 5.45. The summed E-state index contributed by atoms with van der Waals surface area (Å²) in [4.78, 5) is 0. The summed E-state index contributed by atoms with van der Waals surface area (Å²) in [7, 11) is 0. The standard InChI is InChI=1S/C19H26O2/c1-18-7-3-4-14(18)17-15(6-8-18)19(2)9-5-13(20)10-12(19)11-16(17)21/h3-5,9,12-14,16,20-21H,6-8,10-11H2,1-2H3/t12?,13?,14-,16?,18-,19-/m0/s1. The Labute approximate surface area is 127 Å². The normalized spacial score (nSPS) is 51.6.